The van der Waals surface area contributed by atoms with Gasteiger partial charge in [0.2, 0.25) is 0 Å². The van der Waals surface area contributed by atoms with E-state index in [1.165, 1.54) is 13.0 Å². The van der Waals surface area contributed by atoms with Crippen LogP contribution in [0.25, 0.3) is 0 Å². The van der Waals surface area contributed by atoms with Gasteiger partial charge in [-0.2, -0.15) is 0 Å². The first kappa shape index (κ1) is 9.88. The SMILES string of the molecule is CC1(c2cc(NC(=O)O)no2)CC1(F)F. The molecule has 1 heterocycles. The molecule has 1 atom stereocenters. The van der Waals surface area contributed by atoms with Crippen molar-refractivity contribution in [3.8, 4) is 0 Å². The monoisotopic (exact) mass is 218 g/mol. The number of alkyl halides is 2. The maximum absolute atomic E-state index is 12.9. The van der Waals surface area contributed by atoms with Gasteiger partial charge in [0, 0.05) is 12.5 Å². The molecule has 1 aromatic rings. The molecule has 15 heavy (non-hydrogen) atoms. The maximum atomic E-state index is 12.9. The topological polar surface area (TPSA) is 75.4 Å². The van der Waals surface area contributed by atoms with Crippen molar-refractivity contribution in [2.24, 2.45) is 0 Å². The van der Waals surface area contributed by atoms with Crippen molar-refractivity contribution < 1.29 is 23.2 Å². The normalized spacial score (nSPS) is 27.4. The van der Waals surface area contributed by atoms with Gasteiger partial charge in [0.25, 0.3) is 5.92 Å². The second-order valence-electron chi connectivity index (χ2n) is 3.72. The summed E-state index contributed by atoms with van der Waals surface area (Å²) in [7, 11) is 0. The highest BCUT2D eigenvalue weighted by Crippen LogP contribution is 2.61. The molecule has 0 aliphatic heterocycles. The summed E-state index contributed by atoms with van der Waals surface area (Å²) in [6.45, 7) is 1.35. The minimum absolute atomic E-state index is 0.00347. The smallest absolute Gasteiger partial charge is 0.410 e. The first-order valence-electron chi connectivity index (χ1n) is 4.20. The molecular formula is C8H8F2N2O3. The van der Waals surface area contributed by atoms with Crippen molar-refractivity contribution in [1.29, 1.82) is 0 Å². The Hall–Kier alpha value is -1.66. The lowest BCUT2D eigenvalue weighted by Crippen LogP contribution is -2.10. The second-order valence-corrected chi connectivity index (χ2v) is 3.72. The van der Waals surface area contributed by atoms with Crippen LogP contribution in [0.3, 0.4) is 0 Å². The number of rotatable bonds is 2. The molecule has 1 aromatic heterocycles. The number of halogens is 2. The number of hydrogen-bond donors (Lipinski definition) is 2. The number of hydrogen-bond acceptors (Lipinski definition) is 3. The van der Waals surface area contributed by atoms with Gasteiger partial charge in [0.1, 0.15) is 0 Å². The summed E-state index contributed by atoms with van der Waals surface area (Å²) in [6, 6.07) is 1.18. The second kappa shape index (κ2) is 2.68. The Balaban J connectivity index is 2.19. The third-order valence-corrected chi connectivity index (χ3v) is 2.55. The molecule has 5 nitrogen and oxygen atoms in total. The highest BCUT2D eigenvalue weighted by Gasteiger charge is 2.71. The van der Waals surface area contributed by atoms with Crippen LogP contribution >= 0.6 is 0 Å². The van der Waals surface area contributed by atoms with Crippen LogP contribution in [0.5, 0.6) is 0 Å². The van der Waals surface area contributed by atoms with Crippen LogP contribution < -0.4 is 5.32 Å². The minimum Gasteiger partial charge on any atom is -0.465 e. The van der Waals surface area contributed by atoms with E-state index in [2.05, 4.69) is 9.68 Å². The first-order valence-corrected chi connectivity index (χ1v) is 4.20. The lowest BCUT2D eigenvalue weighted by atomic mass is 10.1. The molecule has 2 N–H and O–H groups in total. The molecule has 0 radical (unpaired) electrons. The van der Waals surface area contributed by atoms with Crippen LogP contribution in [0.15, 0.2) is 10.6 Å². The molecule has 7 heteroatoms. The highest BCUT2D eigenvalue weighted by molar-refractivity contribution is 5.81. The van der Waals surface area contributed by atoms with Crippen molar-refractivity contribution in [2.75, 3.05) is 5.32 Å². The van der Waals surface area contributed by atoms with E-state index in [1.54, 1.807) is 0 Å². The minimum atomic E-state index is -2.80. The van der Waals surface area contributed by atoms with E-state index in [0.29, 0.717) is 0 Å². The molecule has 2 rings (SSSR count). The van der Waals surface area contributed by atoms with Crippen LogP contribution in [0.4, 0.5) is 19.4 Å². The predicted molar refractivity (Wildman–Crippen MR) is 45.1 cm³/mol. The average molecular weight is 218 g/mol. The van der Waals surface area contributed by atoms with E-state index in [-0.39, 0.29) is 18.0 Å². The zero-order valence-corrected chi connectivity index (χ0v) is 7.75. The van der Waals surface area contributed by atoms with Crippen molar-refractivity contribution in [3.05, 3.63) is 11.8 Å². The molecule has 1 amide bonds. The van der Waals surface area contributed by atoms with Gasteiger partial charge in [-0.05, 0) is 6.92 Å². The van der Waals surface area contributed by atoms with Crippen molar-refractivity contribution in [3.63, 3.8) is 0 Å². The van der Waals surface area contributed by atoms with Crippen LogP contribution in [0.2, 0.25) is 0 Å². The largest absolute Gasteiger partial charge is 0.465 e. The van der Waals surface area contributed by atoms with E-state index in [9.17, 15) is 13.6 Å². The summed E-state index contributed by atoms with van der Waals surface area (Å²) >= 11 is 0. The zero-order valence-electron chi connectivity index (χ0n) is 7.75. The van der Waals surface area contributed by atoms with Crippen LogP contribution in [0.1, 0.15) is 19.1 Å². The standard InChI is InChI=1S/C8H8F2N2O3/c1-7(3-8(7,9)10)4-2-5(12-15-4)11-6(13)14/h2H,3H2,1H3,(H,11,12)(H,13,14). The van der Waals surface area contributed by atoms with E-state index >= 15 is 0 Å². The molecule has 0 aromatic carbocycles. The molecule has 1 saturated carbocycles. The Kier molecular flexibility index (Phi) is 1.76. The molecule has 0 bridgehead atoms. The van der Waals surface area contributed by atoms with Gasteiger partial charge >= 0.3 is 6.09 Å². The van der Waals surface area contributed by atoms with E-state index in [1.807, 2.05) is 5.32 Å². The van der Waals surface area contributed by atoms with E-state index in [4.69, 9.17) is 5.11 Å². The fraction of sp³-hybridized carbons (Fsp3) is 0.500. The van der Waals surface area contributed by atoms with Gasteiger partial charge in [-0.1, -0.05) is 5.16 Å². The summed E-state index contributed by atoms with van der Waals surface area (Å²) in [5, 5.41) is 13.6. The predicted octanol–water partition coefficient (Wildman–Crippen LogP) is 2.06. The molecular weight excluding hydrogens is 210 g/mol. The number of carboxylic acid groups (broad SMARTS) is 1. The number of carbonyl (C=O) groups is 1. The number of amides is 1. The lowest BCUT2D eigenvalue weighted by Gasteiger charge is -2.02. The van der Waals surface area contributed by atoms with Gasteiger partial charge < -0.3 is 9.63 Å². The van der Waals surface area contributed by atoms with E-state index < -0.39 is 17.4 Å². The van der Waals surface area contributed by atoms with Gasteiger partial charge in [0.15, 0.2) is 11.6 Å². The highest BCUT2D eigenvalue weighted by atomic mass is 19.3. The van der Waals surface area contributed by atoms with Crippen LogP contribution in [0, 0.1) is 0 Å². The summed E-state index contributed by atoms with van der Waals surface area (Å²) in [5.74, 6) is -2.88. The Morgan fingerprint density at radius 3 is 2.80 bits per heavy atom. The molecule has 1 aliphatic rings. The third kappa shape index (κ3) is 1.43. The lowest BCUT2D eigenvalue weighted by molar-refractivity contribution is 0.0846. The summed E-state index contributed by atoms with van der Waals surface area (Å²) in [4.78, 5) is 10.2. The maximum Gasteiger partial charge on any atom is 0.410 e. The van der Waals surface area contributed by atoms with Gasteiger partial charge in [-0.3, -0.25) is 5.32 Å². The fourth-order valence-corrected chi connectivity index (χ4v) is 1.37. The van der Waals surface area contributed by atoms with Crippen molar-refractivity contribution in [1.82, 2.24) is 5.16 Å². The molecule has 1 unspecified atom stereocenters. The van der Waals surface area contributed by atoms with Gasteiger partial charge in [0.05, 0.1) is 5.41 Å². The Labute approximate surface area is 83.1 Å². The van der Waals surface area contributed by atoms with Gasteiger partial charge in [-0.15, -0.1) is 0 Å². The average Bonchev–Trinajstić information content (AvgIpc) is 2.45. The third-order valence-electron chi connectivity index (χ3n) is 2.55. The number of nitrogens with zero attached hydrogens (tertiary/aromatic N) is 1. The summed E-state index contributed by atoms with van der Waals surface area (Å²) in [5.41, 5.74) is -1.35. The Morgan fingerprint density at radius 1 is 1.73 bits per heavy atom. The van der Waals surface area contributed by atoms with Crippen molar-refractivity contribution >= 4 is 11.9 Å². The molecule has 0 saturated heterocycles. The van der Waals surface area contributed by atoms with Crippen molar-refractivity contribution in [2.45, 2.75) is 24.7 Å². The number of anilines is 1. The number of nitrogens with one attached hydrogen (secondary N) is 1. The number of aromatic nitrogens is 1. The van der Waals surface area contributed by atoms with Crippen LogP contribution in [-0.4, -0.2) is 22.3 Å². The first-order chi connectivity index (χ1) is 6.85. The molecule has 0 spiro atoms. The molecule has 1 fully saturated rings. The fourth-order valence-electron chi connectivity index (χ4n) is 1.37. The zero-order chi connectivity index (χ0) is 11.3. The summed E-state index contributed by atoms with van der Waals surface area (Å²) < 4.78 is 30.5. The quantitative estimate of drug-likeness (QED) is 0.796. The van der Waals surface area contributed by atoms with E-state index in [0.717, 1.165) is 0 Å². The Bertz CT molecular complexity index is 418. The Morgan fingerprint density at radius 2 is 2.33 bits per heavy atom. The summed E-state index contributed by atoms with van der Waals surface area (Å²) in [6.07, 6.45) is -1.62. The molecule has 82 valence electrons. The van der Waals surface area contributed by atoms with Gasteiger partial charge in [-0.25, -0.2) is 13.6 Å². The van der Waals surface area contributed by atoms with Crippen LogP contribution in [-0.2, 0) is 5.41 Å². The molecule has 1 aliphatic carbocycles.